The molecular weight excluding hydrogens is 426 g/mol. The molecule has 2 aliphatic rings. The monoisotopic (exact) mass is 461 g/mol. The highest BCUT2D eigenvalue weighted by molar-refractivity contribution is 5.94. The fourth-order valence-electron chi connectivity index (χ4n) is 5.38. The van der Waals surface area contributed by atoms with Crippen LogP contribution in [0.3, 0.4) is 0 Å². The molecule has 0 spiro atoms. The number of nitrogens with one attached hydrogen (secondary N) is 2. The van der Waals surface area contributed by atoms with Crippen LogP contribution in [0.1, 0.15) is 58.1 Å². The number of hydrogen-bond acceptors (Lipinski definition) is 5. The van der Waals surface area contributed by atoms with E-state index in [0.29, 0.717) is 24.3 Å². The van der Waals surface area contributed by atoms with Crippen LogP contribution in [0, 0.1) is 6.92 Å². The summed E-state index contributed by atoms with van der Waals surface area (Å²) in [4.78, 5) is 15.5. The minimum Gasteiger partial charge on any atom is -0.465 e. The van der Waals surface area contributed by atoms with E-state index in [-0.39, 0.29) is 5.91 Å². The molecule has 2 aromatic heterocycles. The molecule has 7 nitrogen and oxygen atoms in total. The molecule has 1 aliphatic heterocycles. The van der Waals surface area contributed by atoms with Crippen LogP contribution < -0.4 is 10.6 Å². The highest BCUT2D eigenvalue weighted by atomic mass is 16.3. The minimum absolute atomic E-state index is 0.124. The first kappa shape index (κ1) is 22.9. The number of nitrogens with zero attached hydrogens (tertiary/aromatic N) is 3. The van der Waals surface area contributed by atoms with Crippen molar-refractivity contribution in [2.45, 2.75) is 64.2 Å². The second kappa shape index (κ2) is 10.2. The van der Waals surface area contributed by atoms with Gasteiger partial charge < -0.3 is 15.1 Å². The third-order valence-electron chi connectivity index (χ3n) is 7.20. The molecule has 0 radical (unpaired) electrons. The Labute approximate surface area is 201 Å². The molecule has 0 saturated carbocycles. The Morgan fingerprint density at radius 2 is 1.88 bits per heavy atom. The smallest absolute Gasteiger partial charge is 0.272 e. The average molecular weight is 462 g/mol. The number of amides is 1. The Morgan fingerprint density at radius 1 is 1.09 bits per heavy atom. The van der Waals surface area contributed by atoms with E-state index in [0.717, 1.165) is 56.0 Å². The molecule has 3 aromatic rings. The standard InChI is InChI=1S/C27H35N5O2/c1-19-8-10-23(34-19)17-28-27(33)26-24-16-22(9-11-25(24)31(2)30-26)29-21-12-14-32(15-13-21)18-20-6-4-3-5-7-20/h3-8,10,21-22,29H,9,11-18H2,1-2H3,(H,28,33). The Hall–Kier alpha value is -2.90. The maximum absolute atomic E-state index is 12.9. The minimum atomic E-state index is -0.124. The number of likely N-dealkylation sites (tertiary alicyclic amines) is 1. The van der Waals surface area contributed by atoms with Gasteiger partial charge in [0.2, 0.25) is 0 Å². The second-order valence-electron chi connectivity index (χ2n) is 9.73. The quantitative estimate of drug-likeness (QED) is 0.564. The number of rotatable bonds is 7. The van der Waals surface area contributed by atoms with Gasteiger partial charge in [-0.3, -0.25) is 14.4 Å². The van der Waals surface area contributed by atoms with Gasteiger partial charge in [-0.05, 0) is 69.8 Å². The van der Waals surface area contributed by atoms with Crippen molar-refractivity contribution in [3.8, 4) is 0 Å². The van der Waals surface area contributed by atoms with Gasteiger partial charge in [-0.1, -0.05) is 30.3 Å². The summed E-state index contributed by atoms with van der Waals surface area (Å²) in [6.07, 6.45) is 5.23. The fourth-order valence-corrected chi connectivity index (χ4v) is 5.38. The van der Waals surface area contributed by atoms with Crippen LogP contribution in [-0.2, 0) is 33.0 Å². The molecule has 5 rings (SSSR count). The van der Waals surface area contributed by atoms with Gasteiger partial charge in [0.25, 0.3) is 5.91 Å². The van der Waals surface area contributed by atoms with Crippen LogP contribution in [0.25, 0.3) is 0 Å². The Kier molecular flexibility index (Phi) is 6.83. The summed E-state index contributed by atoms with van der Waals surface area (Å²) < 4.78 is 7.46. The number of fused-ring (bicyclic) bond motifs is 1. The van der Waals surface area contributed by atoms with Crippen LogP contribution in [-0.4, -0.2) is 45.8 Å². The van der Waals surface area contributed by atoms with Gasteiger partial charge in [0.1, 0.15) is 11.5 Å². The number of carbonyl (C=O) groups excluding carboxylic acids is 1. The highest BCUT2D eigenvalue weighted by Crippen LogP contribution is 2.26. The summed E-state index contributed by atoms with van der Waals surface area (Å²) in [7, 11) is 1.95. The highest BCUT2D eigenvalue weighted by Gasteiger charge is 2.30. The van der Waals surface area contributed by atoms with Gasteiger partial charge in [-0.2, -0.15) is 5.10 Å². The van der Waals surface area contributed by atoms with Crippen LogP contribution in [0.4, 0.5) is 0 Å². The third kappa shape index (κ3) is 5.26. The molecule has 0 bridgehead atoms. The van der Waals surface area contributed by atoms with Crippen molar-refractivity contribution in [3.63, 3.8) is 0 Å². The Balaban J connectivity index is 1.15. The van der Waals surface area contributed by atoms with Crippen molar-refractivity contribution >= 4 is 5.91 Å². The number of carbonyl (C=O) groups is 1. The first-order valence-electron chi connectivity index (χ1n) is 12.5. The molecule has 2 N–H and O–H groups in total. The maximum atomic E-state index is 12.9. The van der Waals surface area contributed by atoms with Gasteiger partial charge >= 0.3 is 0 Å². The number of aromatic nitrogens is 2. The lowest BCUT2D eigenvalue weighted by Crippen LogP contribution is -2.47. The predicted molar refractivity (Wildman–Crippen MR) is 132 cm³/mol. The molecule has 1 amide bonds. The molecule has 180 valence electrons. The van der Waals surface area contributed by atoms with E-state index in [9.17, 15) is 4.79 Å². The zero-order valence-corrected chi connectivity index (χ0v) is 20.2. The summed E-state index contributed by atoms with van der Waals surface area (Å²) in [5, 5.41) is 11.5. The van der Waals surface area contributed by atoms with Gasteiger partial charge in [0.15, 0.2) is 5.69 Å². The van der Waals surface area contributed by atoms with Crippen molar-refractivity contribution in [2.75, 3.05) is 13.1 Å². The lowest BCUT2D eigenvalue weighted by Gasteiger charge is -2.35. The van der Waals surface area contributed by atoms with Gasteiger partial charge in [-0.15, -0.1) is 0 Å². The molecule has 7 heteroatoms. The number of furan rings is 1. The predicted octanol–water partition coefficient (Wildman–Crippen LogP) is 3.36. The van der Waals surface area contributed by atoms with E-state index in [1.54, 1.807) is 0 Å². The fraction of sp³-hybridized carbons (Fsp3) is 0.481. The molecule has 3 heterocycles. The van der Waals surface area contributed by atoms with Gasteiger partial charge in [-0.25, -0.2) is 0 Å². The lowest BCUT2D eigenvalue weighted by molar-refractivity contribution is 0.0941. The maximum Gasteiger partial charge on any atom is 0.272 e. The molecular formula is C27H35N5O2. The van der Waals surface area contributed by atoms with E-state index in [1.165, 1.54) is 24.1 Å². The second-order valence-corrected chi connectivity index (χ2v) is 9.73. The van der Waals surface area contributed by atoms with Gasteiger partial charge in [0.05, 0.1) is 6.54 Å². The van der Waals surface area contributed by atoms with Crippen molar-refractivity contribution in [2.24, 2.45) is 7.05 Å². The van der Waals surface area contributed by atoms with Crippen molar-refractivity contribution in [3.05, 3.63) is 76.5 Å². The lowest BCUT2D eigenvalue weighted by atomic mass is 9.90. The molecule has 1 fully saturated rings. The number of piperidine rings is 1. The number of aryl methyl sites for hydroxylation is 2. The molecule has 1 unspecified atom stereocenters. The van der Waals surface area contributed by atoms with E-state index in [1.807, 2.05) is 30.8 Å². The van der Waals surface area contributed by atoms with E-state index >= 15 is 0 Å². The topological polar surface area (TPSA) is 75.3 Å². The summed E-state index contributed by atoms with van der Waals surface area (Å²) in [6.45, 7) is 5.56. The molecule has 1 atom stereocenters. The summed E-state index contributed by atoms with van der Waals surface area (Å²) >= 11 is 0. The summed E-state index contributed by atoms with van der Waals surface area (Å²) in [5.74, 6) is 1.48. The third-order valence-corrected chi connectivity index (χ3v) is 7.20. The van der Waals surface area contributed by atoms with E-state index in [2.05, 4.69) is 51.0 Å². The van der Waals surface area contributed by atoms with Crippen LogP contribution in [0.2, 0.25) is 0 Å². The SMILES string of the molecule is Cc1ccc(CNC(=O)c2nn(C)c3c2CC(NC2CCN(Cc4ccccc4)CC2)CC3)o1. The van der Waals surface area contributed by atoms with Crippen LogP contribution >= 0.6 is 0 Å². The van der Waals surface area contributed by atoms with Crippen molar-refractivity contribution < 1.29 is 9.21 Å². The molecule has 1 aliphatic carbocycles. The van der Waals surface area contributed by atoms with Crippen molar-refractivity contribution in [1.82, 2.24) is 25.3 Å². The van der Waals surface area contributed by atoms with E-state index < -0.39 is 0 Å². The van der Waals surface area contributed by atoms with E-state index in [4.69, 9.17) is 4.42 Å². The molecule has 1 saturated heterocycles. The number of hydrogen-bond donors (Lipinski definition) is 2. The normalized spacial score (nSPS) is 19.2. The summed E-state index contributed by atoms with van der Waals surface area (Å²) in [5.41, 5.74) is 4.24. The average Bonchev–Trinajstić information content (AvgIpc) is 3.42. The first-order valence-corrected chi connectivity index (χ1v) is 12.5. The number of benzene rings is 1. The largest absolute Gasteiger partial charge is 0.465 e. The zero-order chi connectivity index (χ0) is 23.5. The van der Waals surface area contributed by atoms with Crippen LogP contribution in [0.15, 0.2) is 46.9 Å². The Morgan fingerprint density at radius 3 is 2.62 bits per heavy atom. The van der Waals surface area contributed by atoms with Gasteiger partial charge in [0, 0.05) is 36.9 Å². The van der Waals surface area contributed by atoms with Crippen LogP contribution in [0.5, 0.6) is 0 Å². The van der Waals surface area contributed by atoms with Crippen molar-refractivity contribution in [1.29, 1.82) is 0 Å². The first-order chi connectivity index (χ1) is 16.5. The molecule has 1 aromatic carbocycles. The molecule has 34 heavy (non-hydrogen) atoms. The zero-order valence-electron chi connectivity index (χ0n) is 20.2. The Bertz CT molecular complexity index is 1110. The summed E-state index contributed by atoms with van der Waals surface area (Å²) in [6, 6.07) is 15.5.